The molecule has 0 bridgehead atoms. The summed E-state index contributed by atoms with van der Waals surface area (Å²) in [6.45, 7) is 1.63. The van der Waals surface area contributed by atoms with Gasteiger partial charge in [0.2, 0.25) is 5.91 Å². The minimum Gasteiger partial charge on any atom is -0.508 e. The Morgan fingerprint density at radius 3 is 2.50 bits per heavy atom. The summed E-state index contributed by atoms with van der Waals surface area (Å²) >= 11 is 0. The molecule has 0 saturated heterocycles. The quantitative estimate of drug-likeness (QED) is 0.511. The normalized spacial score (nSPS) is 11.2. The lowest BCUT2D eigenvalue weighted by Crippen LogP contribution is -2.21. The molecule has 22 heavy (non-hydrogen) atoms. The van der Waals surface area contributed by atoms with Gasteiger partial charge in [-0.3, -0.25) is 4.79 Å². The fourth-order valence-electron chi connectivity index (χ4n) is 1.92. The van der Waals surface area contributed by atoms with E-state index in [2.05, 4.69) is 10.5 Å². The van der Waals surface area contributed by atoms with E-state index in [1.807, 2.05) is 0 Å². The molecule has 0 spiro atoms. The molecule has 114 valence electrons. The van der Waals surface area contributed by atoms with Gasteiger partial charge in [0.05, 0.1) is 12.1 Å². The Bertz CT molecular complexity index is 726. The highest BCUT2D eigenvalue weighted by Gasteiger charge is 2.07. The average Bonchev–Trinajstić information content (AvgIpc) is 2.45. The molecule has 0 fully saturated rings. The van der Waals surface area contributed by atoms with E-state index < -0.39 is 0 Å². The molecule has 6 nitrogen and oxygen atoms in total. The second-order valence-corrected chi connectivity index (χ2v) is 4.78. The summed E-state index contributed by atoms with van der Waals surface area (Å²) in [6.07, 6.45) is 0.0761. The second kappa shape index (κ2) is 6.62. The van der Waals surface area contributed by atoms with Gasteiger partial charge in [-0.1, -0.05) is 12.1 Å². The molecule has 4 N–H and O–H groups in total. The molecule has 0 radical (unpaired) electrons. The van der Waals surface area contributed by atoms with Crippen LogP contribution in [0.25, 0.3) is 0 Å². The molecule has 1 amide bonds. The SMILES string of the molecule is CC(=NNC(=O)Cc1cccc(O)c1)c1ccc(O)cc1O. The second-order valence-electron chi connectivity index (χ2n) is 4.78. The number of hydrazone groups is 1. The van der Waals surface area contributed by atoms with Crippen LogP contribution in [0, 0.1) is 0 Å². The fraction of sp³-hybridized carbons (Fsp3) is 0.125. The minimum absolute atomic E-state index is 0.0537. The van der Waals surface area contributed by atoms with Crippen LogP contribution in [0.4, 0.5) is 0 Å². The van der Waals surface area contributed by atoms with Gasteiger partial charge in [0.25, 0.3) is 0 Å². The first kappa shape index (κ1) is 15.4. The van der Waals surface area contributed by atoms with Crippen molar-refractivity contribution < 1.29 is 20.1 Å². The van der Waals surface area contributed by atoms with Crippen LogP contribution >= 0.6 is 0 Å². The smallest absolute Gasteiger partial charge is 0.244 e. The Labute approximate surface area is 127 Å². The number of carbonyl (C=O) groups is 1. The Morgan fingerprint density at radius 1 is 1.09 bits per heavy atom. The molecule has 0 unspecified atom stereocenters. The summed E-state index contributed by atoms with van der Waals surface area (Å²) in [7, 11) is 0. The summed E-state index contributed by atoms with van der Waals surface area (Å²) < 4.78 is 0. The van der Waals surface area contributed by atoms with E-state index in [4.69, 9.17) is 0 Å². The number of hydrogen-bond donors (Lipinski definition) is 4. The van der Waals surface area contributed by atoms with Gasteiger partial charge in [0.15, 0.2) is 0 Å². The van der Waals surface area contributed by atoms with E-state index in [1.54, 1.807) is 19.1 Å². The number of benzene rings is 2. The van der Waals surface area contributed by atoms with Crippen molar-refractivity contribution in [2.24, 2.45) is 5.10 Å². The van der Waals surface area contributed by atoms with Crippen molar-refractivity contribution in [1.82, 2.24) is 5.43 Å². The van der Waals surface area contributed by atoms with Gasteiger partial charge in [-0.05, 0) is 36.8 Å². The van der Waals surface area contributed by atoms with Crippen molar-refractivity contribution in [3.05, 3.63) is 53.6 Å². The third-order valence-corrected chi connectivity index (χ3v) is 2.99. The summed E-state index contributed by atoms with van der Waals surface area (Å²) in [6, 6.07) is 10.5. The van der Waals surface area contributed by atoms with Crippen molar-refractivity contribution in [3.63, 3.8) is 0 Å². The van der Waals surface area contributed by atoms with Gasteiger partial charge < -0.3 is 15.3 Å². The van der Waals surface area contributed by atoms with E-state index in [1.165, 1.54) is 30.3 Å². The molecule has 0 atom stereocenters. The van der Waals surface area contributed by atoms with Gasteiger partial charge in [-0.15, -0.1) is 0 Å². The fourth-order valence-corrected chi connectivity index (χ4v) is 1.92. The van der Waals surface area contributed by atoms with Gasteiger partial charge in [-0.2, -0.15) is 5.10 Å². The first-order valence-electron chi connectivity index (χ1n) is 6.59. The topological polar surface area (TPSA) is 102 Å². The lowest BCUT2D eigenvalue weighted by atomic mass is 10.1. The molecule has 0 aliphatic rings. The molecule has 0 aliphatic carbocycles. The van der Waals surface area contributed by atoms with E-state index in [-0.39, 0.29) is 29.6 Å². The molecule has 0 heterocycles. The summed E-state index contributed by atoms with van der Waals surface area (Å²) in [5.41, 5.74) is 3.87. The number of phenols is 3. The van der Waals surface area contributed by atoms with Crippen LogP contribution in [0.5, 0.6) is 17.2 Å². The first-order valence-corrected chi connectivity index (χ1v) is 6.59. The first-order chi connectivity index (χ1) is 10.5. The molecule has 6 heteroatoms. The van der Waals surface area contributed by atoms with Crippen LogP contribution in [0.15, 0.2) is 47.6 Å². The van der Waals surface area contributed by atoms with Crippen molar-refractivity contribution >= 4 is 11.6 Å². The Hall–Kier alpha value is -3.02. The zero-order valence-corrected chi connectivity index (χ0v) is 11.9. The molecule has 2 aromatic rings. The Balaban J connectivity index is 2.02. The molecule has 0 aliphatic heterocycles. The minimum atomic E-state index is -0.344. The molecule has 2 aromatic carbocycles. The summed E-state index contributed by atoms with van der Waals surface area (Å²) in [5, 5.41) is 32.2. The number of aromatic hydroxyl groups is 3. The van der Waals surface area contributed by atoms with E-state index in [0.29, 0.717) is 16.8 Å². The van der Waals surface area contributed by atoms with Crippen molar-refractivity contribution in [3.8, 4) is 17.2 Å². The maximum atomic E-state index is 11.8. The highest BCUT2D eigenvalue weighted by atomic mass is 16.3. The Morgan fingerprint density at radius 2 is 1.82 bits per heavy atom. The lowest BCUT2D eigenvalue weighted by Gasteiger charge is -2.06. The maximum Gasteiger partial charge on any atom is 0.244 e. The van der Waals surface area contributed by atoms with Crippen molar-refractivity contribution in [2.75, 3.05) is 0 Å². The van der Waals surface area contributed by atoms with E-state index in [0.717, 1.165) is 0 Å². The number of nitrogens with one attached hydrogen (secondary N) is 1. The number of carbonyl (C=O) groups excluding carboxylic acids is 1. The highest BCUT2D eigenvalue weighted by Crippen LogP contribution is 2.22. The maximum absolute atomic E-state index is 11.8. The number of amides is 1. The molecular weight excluding hydrogens is 284 g/mol. The summed E-state index contributed by atoms with van der Waals surface area (Å²) in [5.74, 6) is -0.423. The van der Waals surface area contributed by atoms with Gasteiger partial charge >= 0.3 is 0 Å². The Kier molecular flexibility index (Phi) is 4.63. The van der Waals surface area contributed by atoms with Crippen LogP contribution in [0.3, 0.4) is 0 Å². The van der Waals surface area contributed by atoms with Crippen molar-refractivity contribution in [1.29, 1.82) is 0 Å². The molecule has 2 rings (SSSR count). The van der Waals surface area contributed by atoms with Crippen LogP contribution < -0.4 is 5.43 Å². The van der Waals surface area contributed by atoms with E-state index in [9.17, 15) is 20.1 Å². The zero-order chi connectivity index (χ0) is 16.1. The van der Waals surface area contributed by atoms with Crippen LogP contribution in [-0.2, 0) is 11.2 Å². The largest absolute Gasteiger partial charge is 0.508 e. The van der Waals surface area contributed by atoms with Crippen LogP contribution in [0.2, 0.25) is 0 Å². The highest BCUT2D eigenvalue weighted by molar-refractivity contribution is 6.01. The summed E-state index contributed by atoms with van der Waals surface area (Å²) in [4.78, 5) is 11.8. The van der Waals surface area contributed by atoms with E-state index >= 15 is 0 Å². The van der Waals surface area contributed by atoms with Crippen molar-refractivity contribution in [2.45, 2.75) is 13.3 Å². The van der Waals surface area contributed by atoms with Gasteiger partial charge in [-0.25, -0.2) is 5.43 Å². The number of phenolic OH excluding ortho intramolecular Hbond substituents is 3. The van der Waals surface area contributed by atoms with Gasteiger partial charge in [0, 0.05) is 11.6 Å². The molecular formula is C16H16N2O4. The number of rotatable bonds is 4. The predicted molar refractivity (Wildman–Crippen MR) is 81.9 cm³/mol. The number of hydrogen-bond acceptors (Lipinski definition) is 5. The molecule has 0 saturated carbocycles. The zero-order valence-electron chi connectivity index (χ0n) is 11.9. The van der Waals surface area contributed by atoms with Gasteiger partial charge in [0.1, 0.15) is 17.2 Å². The predicted octanol–water partition coefficient (Wildman–Crippen LogP) is 1.89. The van der Waals surface area contributed by atoms with Crippen LogP contribution in [0.1, 0.15) is 18.1 Å². The standard InChI is InChI=1S/C16H16N2O4/c1-10(14-6-5-13(20)9-15(14)21)17-18-16(22)8-11-3-2-4-12(19)7-11/h2-7,9,19-21H,8H2,1H3,(H,18,22). The third-order valence-electron chi connectivity index (χ3n) is 2.99. The number of nitrogens with zero attached hydrogens (tertiary/aromatic N) is 1. The monoisotopic (exact) mass is 300 g/mol. The third kappa shape index (κ3) is 3.99. The van der Waals surface area contributed by atoms with Crippen LogP contribution in [-0.4, -0.2) is 26.9 Å². The average molecular weight is 300 g/mol. The molecule has 0 aromatic heterocycles. The lowest BCUT2D eigenvalue weighted by molar-refractivity contribution is -0.120.